The number of pyridine rings is 2. The van der Waals surface area contributed by atoms with Crippen LogP contribution in [0.4, 0.5) is 16.4 Å². The van der Waals surface area contributed by atoms with E-state index in [2.05, 4.69) is 25.6 Å². The monoisotopic (exact) mass is 460 g/mol. The number of aromatic nitrogens is 5. The summed E-state index contributed by atoms with van der Waals surface area (Å²) in [6.07, 6.45) is 3.22. The molecule has 5 rings (SSSR count). The van der Waals surface area contributed by atoms with Gasteiger partial charge in [0, 0.05) is 24.6 Å². The fourth-order valence-corrected chi connectivity index (χ4v) is 3.76. The average molecular weight is 460 g/mol. The number of aryl methyl sites for hydroxylation is 1. The van der Waals surface area contributed by atoms with Gasteiger partial charge in [-0.2, -0.15) is 0 Å². The Morgan fingerprint density at radius 2 is 2.06 bits per heavy atom. The van der Waals surface area contributed by atoms with Crippen LogP contribution in [0.1, 0.15) is 5.69 Å². The summed E-state index contributed by atoms with van der Waals surface area (Å²) in [6.45, 7) is 3.84. The van der Waals surface area contributed by atoms with Gasteiger partial charge in [0.15, 0.2) is 0 Å². The highest BCUT2D eigenvalue weighted by Gasteiger charge is 2.20. The number of hydrogen-bond acceptors (Lipinski definition) is 8. The molecule has 0 spiro atoms. The number of nitrogens with zero attached hydrogens (tertiary/aromatic N) is 5. The van der Waals surface area contributed by atoms with E-state index in [9.17, 15) is 4.79 Å². The molecular formula is C23H24N8O3. The predicted octanol–water partition coefficient (Wildman–Crippen LogP) is 2.28. The van der Waals surface area contributed by atoms with E-state index in [0.717, 1.165) is 5.69 Å². The van der Waals surface area contributed by atoms with Gasteiger partial charge in [-0.3, -0.25) is 9.38 Å². The number of rotatable bonds is 5. The number of amides is 2. The largest absolute Gasteiger partial charge is 0.376 e. The van der Waals surface area contributed by atoms with Crippen LogP contribution in [0.2, 0.25) is 0 Å². The predicted molar refractivity (Wildman–Crippen MR) is 126 cm³/mol. The van der Waals surface area contributed by atoms with Crippen molar-refractivity contribution < 1.29 is 14.3 Å². The number of hydrogen-bond donors (Lipinski definition) is 3. The smallest absolute Gasteiger partial charge is 0.319 e. The Labute approximate surface area is 195 Å². The molecule has 11 heteroatoms. The van der Waals surface area contributed by atoms with Crippen LogP contribution in [0.25, 0.3) is 28.4 Å². The molecule has 4 aromatic rings. The summed E-state index contributed by atoms with van der Waals surface area (Å²) < 4.78 is 12.8. The Morgan fingerprint density at radius 3 is 2.85 bits per heavy atom. The number of nitrogen functional groups attached to an aromatic ring is 1. The molecule has 1 unspecified atom stereocenters. The molecule has 0 saturated carbocycles. The lowest BCUT2D eigenvalue weighted by molar-refractivity contribution is -0.0852. The Kier molecular flexibility index (Phi) is 6.02. The van der Waals surface area contributed by atoms with Crippen molar-refractivity contribution in [1.29, 1.82) is 0 Å². The normalized spacial score (nSPS) is 15.9. The second-order valence-corrected chi connectivity index (χ2v) is 7.82. The molecule has 4 N–H and O–H groups in total. The van der Waals surface area contributed by atoms with Crippen LogP contribution in [0.3, 0.4) is 0 Å². The molecule has 0 aromatic carbocycles. The molecule has 4 aromatic heterocycles. The highest BCUT2D eigenvalue weighted by atomic mass is 16.6. The van der Waals surface area contributed by atoms with Gasteiger partial charge < -0.3 is 25.8 Å². The molecule has 0 radical (unpaired) electrons. The number of nitrogens with two attached hydrogens (primary N) is 1. The first-order chi connectivity index (χ1) is 16.6. The Hall–Kier alpha value is -4.09. The minimum atomic E-state index is -0.345. The Morgan fingerprint density at radius 1 is 1.15 bits per heavy atom. The van der Waals surface area contributed by atoms with E-state index in [-0.39, 0.29) is 18.1 Å². The van der Waals surface area contributed by atoms with Crippen LogP contribution in [-0.4, -0.2) is 62.8 Å². The molecule has 1 atom stereocenters. The zero-order valence-corrected chi connectivity index (χ0v) is 18.6. The minimum Gasteiger partial charge on any atom is -0.376 e. The van der Waals surface area contributed by atoms with E-state index >= 15 is 0 Å². The first-order valence-electron chi connectivity index (χ1n) is 10.9. The van der Waals surface area contributed by atoms with Gasteiger partial charge in [-0.25, -0.2) is 19.7 Å². The molecule has 0 bridgehead atoms. The summed E-state index contributed by atoms with van der Waals surface area (Å²) in [4.78, 5) is 30.3. The van der Waals surface area contributed by atoms with Gasteiger partial charge in [0.05, 0.1) is 43.0 Å². The number of imidazole rings is 1. The quantitative estimate of drug-likeness (QED) is 0.412. The molecule has 5 heterocycles. The molecule has 1 aliphatic heterocycles. The van der Waals surface area contributed by atoms with E-state index in [1.54, 1.807) is 24.5 Å². The summed E-state index contributed by atoms with van der Waals surface area (Å²) in [7, 11) is 0. The SMILES string of the molecule is Cc1cccc(-c2nc3ccc(NC(=O)NCC4COCCO4)cn3c2-c2ccnc(N)n2)n1. The standard InChI is InChI=1S/C23H24N8O3/c1-14-3-2-4-17(27-14)20-21(18-7-8-25-22(24)29-18)31-12-15(5-6-19(31)30-20)28-23(32)26-11-16-13-33-9-10-34-16/h2-8,12,16H,9-11,13H2,1H3,(H2,24,25,29)(H2,26,28,32). The molecule has 0 aliphatic carbocycles. The zero-order chi connectivity index (χ0) is 23.5. The van der Waals surface area contributed by atoms with Crippen LogP contribution < -0.4 is 16.4 Å². The van der Waals surface area contributed by atoms with Gasteiger partial charge in [-0.05, 0) is 37.3 Å². The average Bonchev–Trinajstić information content (AvgIpc) is 3.22. The molecule has 11 nitrogen and oxygen atoms in total. The molecule has 34 heavy (non-hydrogen) atoms. The summed E-state index contributed by atoms with van der Waals surface area (Å²) in [5.41, 5.74) is 10.6. The van der Waals surface area contributed by atoms with E-state index in [4.69, 9.17) is 20.2 Å². The number of ether oxygens (including phenoxy) is 2. The van der Waals surface area contributed by atoms with E-state index in [0.29, 0.717) is 60.5 Å². The van der Waals surface area contributed by atoms with Gasteiger partial charge in [0.25, 0.3) is 0 Å². The molecule has 1 fully saturated rings. The fourth-order valence-electron chi connectivity index (χ4n) is 3.76. The maximum atomic E-state index is 12.5. The summed E-state index contributed by atoms with van der Waals surface area (Å²) in [6, 6.07) is 10.8. The van der Waals surface area contributed by atoms with Crippen molar-refractivity contribution in [3.05, 3.63) is 54.5 Å². The lowest BCUT2D eigenvalue weighted by Crippen LogP contribution is -2.41. The molecular weight excluding hydrogens is 436 g/mol. The van der Waals surface area contributed by atoms with Crippen molar-refractivity contribution in [3.8, 4) is 22.8 Å². The number of carbonyl (C=O) groups excluding carboxylic acids is 1. The van der Waals surface area contributed by atoms with Gasteiger partial charge in [0.2, 0.25) is 5.95 Å². The molecule has 2 amide bonds. The maximum Gasteiger partial charge on any atom is 0.319 e. The number of carbonyl (C=O) groups is 1. The molecule has 1 aliphatic rings. The number of anilines is 2. The second-order valence-electron chi connectivity index (χ2n) is 7.82. The van der Waals surface area contributed by atoms with Gasteiger partial charge in [-0.15, -0.1) is 0 Å². The highest BCUT2D eigenvalue weighted by Crippen LogP contribution is 2.32. The number of urea groups is 1. The zero-order valence-electron chi connectivity index (χ0n) is 18.6. The highest BCUT2D eigenvalue weighted by molar-refractivity contribution is 5.89. The van der Waals surface area contributed by atoms with E-state index < -0.39 is 0 Å². The lowest BCUT2D eigenvalue weighted by Gasteiger charge is -2.23. The maximum absolute atomic E-state index is 12.5. The first kappa shape index (κ1) is 21.7. The Balaban J connectivity index is 1.48. The molecule has 1 saturated heterocycles. The summed E-state index contributed by atoms with van der Waals surface area (Å²) in [5.74, 6) is 0.151. The third-order valence-corrected chi connectivity index (χ3v) is 5.30. The third-order valence-electron chi connectivity index (χ3n) is 5.30. The van der Waals surface area contributed by atoms with Crippen molar-refractivity contribution in [2.75, 3.05) is 37.4 Å². The van der Waals surface area contributed by atoms with Gasteiger partial charge in [0.1, 0.15) is 17.0 Å². The van der Waals surface area contributed by atoms with Crippen molar-refractivity contribution in [1.82, 2.24) is 29.7 Å². The van der Waals surface area contributed by atoms with Crippen LogP contribution in [-0.2, 0) is 9.47 Å². The first-order valence-corrected chi connectivity index (χ1v) is 10.9. The third kappa shape index (κ3) is 4.65. The fraction of sp³-hybridized carbons (Fsp3) is 0.261. The van der Waals surface area contributed by atoms with E-state index in [1.807, 2.05) is 35.6 Å². The topological polar surface area (TPSA) is 142 Å². The summed E-state index contributed by atoms with van der Waals surface area (Å²) >= 11 is 0. The van der Waals surface area contributed by atoms with Gasteiger partial charge >= 0.3 is 6.03 Å². The van der Waals surface area contributed by atoms with Crippen LogP contribution in [0.15, 0.2) is 48.8 Å². The number of fused-ring (bicyclic) bond motifs is 1. The minimum absolute atomic E-state index is 0.151. The van der Waals surface area contributed by atoms with Crippen LogP contribution in [0, 0.1) is 6.92 Å². The van der Waals surface area contributed by atoms with Crippen molar-refractivity contribution in [3.63, 3.8) is 0 Å². The van der Waals surface area contributed by atoms with Crippen molar-refractivity contribution >= 4 is 23.3 Å². The van der Waals surface area contributed by atoms with Gasteiger partial charge in [-0.1, -0.05) is 6.07 Å². The van der Waals surface area contributed by atoms with E-state index in [1.165, 1.54) is 0 Å². The lowest BCUT2D eigenvalue weighted by atomic mass is 10.1. The van der Waals surface area contributed by atoms with Crippen molar-refractivity contribution in [2.45, 2.75) is 13.0 Å². The number of nitrogens with one attached hydrogen (secondary N) is 2. The van der Waals surface area contributed by atoms with Crippen LogP contribution >= 0.6 is 0 Å². The Bertz CT molecular complexity index is 1330. The van der Waals surface area contributed by atoms with Crippen molar-refractivity contribution in [2.24, 2.45) is 0 Å². The van der Waals surface area contributed by atoms with Crippen LogP contribution in [0.5, 0.6) is 0 Å². The summed E-state index contributed by atoms with van der Waals surface area (Å²) in [5, 5.41) is 5.67. The second kappa shape index (κ2) is 9.41. The molecule has 174 valence electrons.